The summed E-state index contributed by atoms with van der Waals surface area (Å²) in [6, 6.07) is 18.5. The van der Waals surface area contributed by atoms with E-state index in [-0.39, 0.29) is 28.6 Å². The van der Waals surface area contributed by atoms with Crippen LogP contribution in [0.3, 0.4) is 0 Å². The van der Waals surface area contributed by atoms with Crippen molar-refractivity contribution in [3.63, 3.8) is 0 Å². The topological polar surface area (TPSA) is 119 Å². The average molecular weight is 635 g/mol. The van der Waals surface area contributed by atoms with Crippen molar-refractivity contribution in [1.82, 2.24) is 10.3 Å². The lowest BCUT2D eigenvalue weighted by Crippen LogP contribution is -2.33. The summed E-state index contributed by atoms with van der Waals surface area (Å²) < 4.78 is 67.9. The second kappa shape index (κ2) is 12.2. The standard InChI is InChI=1S/C28H16Cl2F4N4O5/c29-16-5-1-14(2-6-16)23-12-20(37-42-23)25(39)35-18-9-10-22(41-28(33,34)27(31)32)19(11-18)36-26(40)21-13-24(43-38-21)15-3-7-17(30)8-4-15/h1-13,27H,(H,35,39)(H,36,40). The van der Waals surface area contributed by atoms with Gasteiger partial charge in [-0.25, -0.2) is 0 Å². The summed E-state index contributed by atoms with van der Waals surface area (Å²) in [5.41, 5.74) is 0.191. The molecular weight excluding hydrogens is 619 g/mol. The third kappa shape index (κ3) is 6.96. The molecule has 0 saturated heterocycles. The van der Waals surface area contributed by atoms with Crippen LogP contribution in [0, 0.1) is 0 Å². The van der Waals surface area contributed by atoms with E-state index in [0.717, 1.165) is 18.2 Å². The summed E-state index contributed by atoms with van der Waals surface area (Å²) in [5.74, 6) is -2.09. The molecule has 2 aromatic heterocycles. The molecule has 0 atom stereocenters. The molecule has 2 heterocycles. The van der Waals surface area contributed by atoms with Crippen molar-refractivity contribution in [3.8, 4) is 28.4 Å². The highest BCUT2D eigenvalue weighted by Gasteiger charge is 2.44. The van der Waals surface area contributed by atoms with Crippen LogP contribution >= 0.6 is 23.2 Å². The number of anilines is 2. The predicted molar refractivity (Wildman–Crippen MR) is 148 cm³/mol. The molecule has 0 fully saturated rings. The average Bonchev–Trinajstić information content (AvgIpc) is 3.66. The number of carbonyl (C=O) groups is 2. The first kappa shape index (κ1) is 29.6. The Labute approximate surface area is 249 Å². The number of aromatic nitrogens is 2. The fourth-order valence-corrected chi connectivity index (χ4v) is 3.88. The molecule has 220 valence electrons. The first-order valence-corrected chi connectivity index (χ1v) is 12.8. The molecule has 0 unspecified atom stereocenters. The minimum Gasteiger partial charge on any atom is -0.426 e. The lowest BCUT2D eigenvalue weighted by molar-refractivity contribution is -0.252. The van der Waals surface area contributed by atoms with Crippen molar-refractivity contribution in [2.45, 2.75) is 12.5 Å². The van der Waals surface area contributed by atoms with Gasteiger partial charge in [0.2, 0.25) is 0 Å². The van der Waals surface area contributed by atoms with Gasteiger partial charge in [-0.1, -0.05) is 33.5 Å². The van der Waals surface area contributed by atoms with E-state index in [2.05, 4.69) is 25.7 Å². The number of carbonyl (C=O) groups excluding carboxylic acids is 2. The Morgan fingerprint density at radius 3 is 1.72 bits per heavy atom. The summed E-state index contributed by atoms with van der Waals surface area (Å²) in [6.45, 7) is 0. The first-order valence-electron chi connectivity index (χ1n) is 12.1. The molecule has 3 aromatic carbocycles. The molecule has 2 amide bonds. The molecule has 5 rings (SSSR count). The molecule has 5 aromatic rings. The molecule has 0 saturated carbocycles. The van der Waals surface area contributed by atoms with Crippen LogP contribution < -0.4 is 15.4 Å². The predicted octanol–water partition coefficient (Wildman–Crippen LogP) is 8.04. The quantitative estimate of drug-likeness (QED) is 0.157. The van der Waals surface area contributed by atoms with Gasteiger partial charge in [-0.15, -0.1) is 0 Å². The number of ether oxygens (including phenoxy) is 1. The van der Waals surface area contributed by atoms with Crippen LogP contribution in [0.25, 0.3) is 22.6 Å². The van der Waals surface area contributed by atoms with Crippen LogP contribution in [-0.4, -0.2) is 34.7 Å². The van der Waals surface area contributed by atoms with Gasteiger partial charge in [0.15, 0.2) is 22.9 Å². The Morgan fingerprint density at radius 2 is 1.23 bits per heavy atom. The number of alkyl halides is 4. The van der Waals surface area contributed by atoms with E-state index in [9.17, 15) is 27.2 Å². The van der Waals surface area contributed by atoms with Crippen molar-refractivity contribution in [2.24, 2.45) is 0 Å². The van der Waals surface area contributed by atoms with Crippen molar-refractivity contribution in [1.29, 1.82) is 0 Å². The number of nitrogens with one attached hydrogen (secondary N) is 2. The van der Waals surface area contributed by atoms with E-state index < -0.39 is 35.8 Å². The minimum absolute atomic E-state index is 0.0361. The van der Waals surface area contributed by atoms with Gasteiger partial charge in [0.1, 0.15) is 5.75 Å². The number of benzene rings is 3. The number of nitrogens with zero attached hydrogens (tertiary/aromatic N) is 2. The monoisotopic (exact) mass is 634 g/mol. The summed E-state index contributed by atoms with van der Waals surface area (Å²) in [5, 5.41) is 13.1. The van der Waals surface area contributed by atoms with Gasteiger partial charge < -0.3 is 24.4 Å². The zero-order valence-electron chi connectivity index (χ0n) is 21.3. The van der Waals surface area contributed by atoms with Crippen molar-refractivity contribution in [2.75, 3.05) is 10.6 Å². The SMILES string of the molecule is O=C(Nc1ccc(OC(F)(F)C(F)F)c(NC(=O)c2cc(-c3ccc(Cl)cc3)on2)c1)c1cc(-c2ccc(Cl)cc2)on1. The van der Waals surface area contributed by atoms with Crippen molar-refractivity contribution < 1.29 is 40.9 Å². The highest BCUT2D eigenvalue weighted by molar-refractivity contribution is 6.30. The normalized spacial score (nSPS) is 11.4. The molecule has 0 aliphatic carbocycles. The first-order chi connectivity index (χ1) is 20.5. The van der Waals surface area contributed by atoms with Crippen LogP contribution in [0.1, 0.15) is 21.0 Å². The Kier molecular flexibility index (Phi) is 8.37. The summed E-state index contributed by atoms with van der Waals surface area (Å²) in [7, 11) is 0. The fraction of sp³-hybridized carbons (Fsp3) is 0.0714. The van der Waals surface area contributed by atoms with Gasteiger partial charge in [0.25, 0.3) is 11.8 Å². The highest BCUT2D eigenvalue weighted by atomic mass is 35.5. The van der Waals surface area contributed by atoms with Crippen LogP contribution in [0.15, 0.2) is 87.9 Å². The second-order valence-electron chi connectivity index (χ2n) is 8.75. The molecule has 0 aliphatic rings. The maximum atomic E-state index is 13.8. The summed E-state index contributed by atoms with van der Waals surface area (Å²) in [6.07, 6.45) is -9.06. The smallest absolute Gasteiger partial charge is 0.426 e. The second-order valence-corrected chi connectivity index (χ2v) is 9.62. The number of halogens is 6. The number of rotatable bonds is 9. The molecular formula is C28H16Cl2F4N4O5. The molecule has 9 nitrogen and oxygen atoms in total. The molecule has 0 spiro atoms. The van der Waals surface area contributed by atoms with E-state index in [1.54, 1.807) is 48.5 Å². The zero-order chi connectivity index (χ0) is 30.7. The van der Waals surface area contributed by atoms with Crippen LogP contribution in [0.4, 0.5) is 28.9 Å². The molecule has 15 heteroatoms. The van der Waals surface area contributed by atoms with E-state index >= 15 is 0 Å². The number of amides is 2. The Balaban J connectivity index is 1.38. The third-order valence-corrected chi connectivity index (χ3v) is 6.23. The Hall–Kier alpha value is -4.88. The lowest BCUT2D eigenvalue weighted by atomic mass is 10.1. The molecule has 0 aliphatic heterocycles. The molecule has 0 radical (unpaired) electrons. The minimum atomic E-state index is -4.89. The summed E-state index contributed by atoms with van der Waals surface area (Å²) >= 11 is 11.8. The van der Waals surface area contributed by atoms with Gasteiger partial charge in [0.05, 0.1) is 5.69 Å². The van der Waals surface area contributed by atoms with Crippen LogP contribution in [-0.2, 0) is 0 Å². The van der Waals surface area contributed by atoms with Crippen LogP contribution in [0.5, 0.6) is 5.75 Å². The lowest BCUT2D eigenvalue weighted by Gasteiger charge is -2.20. The third-order valence-electron chi connectivity index (χ3n) is 5.73. The summed E-state index contributed by atoms with van der Waals surface area (Å²) in [4.78, 5) is 25.7. The maximum absolute atomic E-state index is 13.8. The van der Waals surface area contributed by atoms with Crippen molar-refractivity contribution >= 4 is 46.4 Å². The Bertz CT molecular complexity index is 1780. The van der Waals surface area contributed by atoms with E-state index in [1.165, 1.54) is 12.1 Å². The maximum Gasteiger partial charge on any atom is 0.461 e. The molecule has 43 heavy (non-hydrogen) atoms. The van der Waals surface area contributed by atoms with E-state index in [0.29, 0.717) is 21.2 Å². The Morgan fingerprint density at radius 1 is 0.744 bits per heavy atom. The van der Waals surface area contributed by atoms with Gasteiger partial charge in [0, 0.05) is 39.0 Å². The van der Waals surface area contributed by atoms with Crippen LogP contribution in [0.2, 0.25) is 10.0 Å². The van der Waals surface area contributed by atoms with Gasteiger partial charge in [-0.05, 0) is 66.7 Å². The van der Waals surface area contributed by atoms with E-state index in [4.69, 9.17) is 32.2 Å². The van der Waals surface area contributed by atoms with Gasteiger partial charge in [-0.2, -0.15) is 17.6 Å². The number of hydrogen-bond acceptors (Lipinski definition) is 7. The largest absolute Gasteiger partial charge is 0.461 e. The zero-order valence-corrected chi connectivity index (χ0v) is 22.8. The molecule has 0 bridgehead atoms. The molecule has 2 N–H and O–H groups in total. The number of hydrogen-bond donors (Lipinski definition) is 2. The van der Waals surface area contributed by atoms with E-state index in [1.807, 2.05) is 0 Å². The van der Waals surface area contributed by atoms with Gasteiger partial charge in [-0.3, -0.25) is 9.59 Å². The fourth-order valence-electron chi connectivity index (χ4n) is 3.63. The van der Waals surface area contributed by atoms with Gasteiger partial charge >= 0.3 is 12.5 Å². The highest BCUT2D eigenvalue weighted by Crippen LogP contribution is 2.35. The van der Waals surface area contributed by atoms with Crippen molar-refractivity contribution in [3.05, 3.63) is 100 Å².